The van der Waals surface area contributed by atoms with Crippen LogP contribution in [0.15, 0.2) is 130 Å². The first-order chi connectivity index (χ1) is 21.1. The molecule has 2 unspecified atom stereocenters. The second-order valence-electron chi connectivity index (χ2n) is 11.6. The first-order valence-corrected chi connectivity index (χ1v) is 15.0. The fourth-order valence-electron chi connectivity index (χ4n) is 7.15. The summed E-state index contributed by atoms with van der Waals surface area (Å²) in [5, 5.41) is 4.45. The average Bonchev–Trinajstić information content (AvgIpc) is 3.40. The zero-order valence-electron chi connectivity index (χ0n) is 24.2. The Morgan fingerprint density at radius 3 is 2.53 bits per heavy atom. The molecule has 0 saturated heterocycles. The van der Waals surface area contributed by atoms with Crippen LogP contribution in [0.25, 0.3) is 44.1 Å². The monoisotopic (exact) mass is 557 g/mol. The Kier molecular flexibility index (Phi) is 5.97. The second kappa shape index (κ2) is 10.0. The lowest BCUT2D eigenvalue weighted by atomic mass is 9.78. The van der Waals surface area contributed by atoms with Crippen molar-refractivity contribution in [3.8, 4) is 11.3 Å². The summed E-state index contributed by atoms with van der Waals surface area (Å²) >= 11 is 0. The first-order valence-electron chi connectivity index (χ1n) is 15.0. The summed E-state index contributed by atoms with van der Waals surface area (Å²) < 4.78 is 6.64. The van der Waals surface area contributed by atoms with E-state index in [-0.39, 0.29) is 12.0 Å². The molecule has 8 rings (SSSR count). The maximum absolute atomic E-state index is 6.64. The van der Waals surface area contributed by atoms with Crippen molar-refractivity contribution in [3.63, 3.8) is 0 Å². The van der Waals surface area contributed by atoms with Crippen LogP contribution >= 0.6 is 0 Å². The van der Waals surface area contributed by atoms with Crippen molar-refractivity contribution in [2.24, 2.45) is 9.98 Å². The first kappa shape index (κ1) is 25.6. The van der Waals surface area contributed by atoms with Crippen LogP contribution in [0.1, 0.15) is 47.9 Å². The molecule has 0 N–H and O–H groups in total. The van der Waals surface area contributed by atoms with Gasteiger partial charge in [0.2, 0.25) is 5.71 Å². The number of hydrogen-bond acceptors (Lipinski definition) is 4. The van der Waals surface area contributed by atoms with E-state index in [4.69, 9.17) is 19.4 Å². The van der Waals surface area contributed by atoms with Gasteiger partial charge in [-0.25, -0.2) is 4.98 Å². The standard InChI is InChI=1S/C39H31N3O/c1-4-34-30-14-8-7-13-28(30)31-18-16-26-17-19-32-33-20-21-35(29-15-9-11-25-10-5-6-12-27(25)29)42-39(33)43-38(32)37(26)24(3)40-23(2)22-36(31)41-34/h4-15,17,19-21,31,36H,1-2,16,18,22H2,3H3. The zero-order chi connectivity index (χ0) is 29.1. The van der Waals surface area contributed by atoms with Gasteiger partial charge in [0.15, 0.2) is 0 Å². The van der Waals surface area contributed by atoms with Crippen LogP contribution in [0.2, 0.25) is 0 Å². The quantitative estimate of drug-likeness (QED) is 0.213. The number of rotatable bonds is 2. The van der Waals surface area contributed by atoms with Gasteiger partial charge in [-0.3, -0.25) is 9.98 Å². The van der Waals surface area contributed by atoms with Crippen LogP contribution in [-0.2, 0) is 6.42 Å². The number of aromatic nitrogens is 1. The number of hydrogen-bond donors (Lipinski definition) is 0. The second-order valence-corrected chi connectivity index (χ2v) is 11.6. The molecule has 2 aliphatic rings. The van der Waals surface area contributed by atoms with Gasteiger partial charge >= 0.3 is 0 Å². The molecule has 4 heterocycles. The molecule has 2 aliphatic heterocycles. The normalized spacial score (nSPS) is 18.5. The number of fused-ring (bicyclic) bond motifs is 9. The minimum absolute atomic E-state index is 0.0834. The van der Waals surface area contributed by atoms with Crippen LogP contribution < -0.4 is 0 Å². The Labute approximate surface area is 250 Å². The molecule has 0 aliphatic carbocycles. The van der Waals surface area contributed by atoms with Gasteiger partial charge in [0.25, 0.3) is 0 Å². The van der Waals surface area contributed by atoms with Crippen LogP contribution in [0.5, 0.6) is 0 Å². The van der Waals surface area contributed by atoms with Gasteiger partial charge < -0.3 is 4.42 Å². The lowest BCUT2D eigenvalue weighted by Gasteiger charge is -2.32. The summed E-state index contributed by atoms with van der Waals surface area (Å²) in [5.74, 6) is 0.273. The molecule has 43 heavy (non-hydrogen) atoms. The van der Waals surface area contributed by atoms with Gasteiger partial charge in [0, 0.05) is 51.2 Å². The van der Waals surface area contributed by atoms with E-state index in [0.29, 0.717) is 12.1 Å². The minimum Gasteiger partial charge on any atom is -0.437 e. The third-order valence-electron chi connectivity index (χ3n) is 9.11. The molecule has 0 radical (unpaired) electrons. The fraction of sp³-hybridized carbons (Fsp3) is 0.154. The van der Waals surface area contributed by atoms with Crippen LogP contribution in [0, 0.1) is 0 Å². The highest BCUT2D eigenvalue weighted by atomic mass is 16.3. The topological polar surface area (TPSA) is 50.8 Å². The molecule has 4 aromatic carbocycles. The summed E-state index contributed by atoms with van der Waals surface area (Å²) in [7, 11) is 0. The Balaban J connectivity index is 1.26. The third-order valence-corrected chi connectivity index (χ3v) is 9.11. The fourth-order valence-corrected chi connectivity index (χ4v) is 7.15. The molecule has 4 heteroatoms. The van der Waals surface area contributed by atoms with Gasteiger partial charge in [-0.1, -0.05) is 92.0 Å². The maximum Gasteiger partial charge on any atom is 0.227 e. The van der Waals surface area contributed by atoms with Crippen molar-refractivity contribution in [1.82, 2.24) is 4.98 Å². The van der Waals surface area contributed by atoms with E-state index in [1.807, 2.05) is 6.08 Å². The van der Waals surface area contributed by atoms with E-state index in [9.17, 15) is 0 Å². The highest BCUT2D eigenvalue weighted by molar-refractivity contribution is 6.15. The van der Waals surface area contributed by atoms with Gasteiger partial charge in [-0.2, -0.15) is 0 Å². The van der Waals surface area contributed by atoms with Crippen molar-refractivity contribution >= 4 is 44.3 Å². The highest BCUT2D eigenvalue weighted by Gasteiger charge is 2.31. The van der Waals surface area contributed by atoms with E-state index in [1.165, 1.54) is 27.5 Å². The number of allylic oxidation sites excluding steroid dienone is 1. The molecule has 6 aromatic rings. The summed E-state index contributed by atoms with van der Waals surface area (Å²) in [6, 6.07) is 32.1. The molecule has 0 saturated carbocycles. The van der Waals surface area contributed by atoms with E-state index in [2.05, 4.69) is 111 Å². The molecule has 0 bridgehead atoms. The Morgan fingerprint density at radius 2 is 1.63 bits per heavy atom. The van der Waals surface area contributed by atoms with Gasteiger partial charge in [0.1, 0.15) is 5.58 Å². The Hall–Kier alpha value is -5.09. The number of aryl methyl sites for hydroxylation is 1. The van der Waals surface area contributed by atoms with Crippen LogP contribution in [-0.4, -0.2) is 22.4 Å². The minimum atomic E-state index is 0.0834. The molecular formula is C39H31N3O. The van der Waals surface area contributed by atoms with Gasteiger partial charge in [-0.15, -0.1) is 0 Å². The lowest BCUT2D eigenvalue weighted by Crippen LogP contribution is -2.27. The van der Waals surface area contributed by atoms with Crippen molar-refractivity contribution in [2.75, 3.05) is 0 Å². The van der Waals surface area contributed by atoms with Crippen molar-refractivity contribution < 1.29 is 4.42 Å². The van der Waals surface area contributed by atoms with Crippen molar-refractivity contribution in [3.05, 3.63) is 138 Å². The predicted octanol–water partition coefficient (Wildman–Crippen LogP) is 9.60. The summed E-state index contributed by atoms with van der Waals surface area (Å²) in [5.41, 5.74) is 11.0. The third kappa shape index (κ3) is 4.17. The van der Waals surface area contributed by atoms with E-state index in [0.717, 1.165) is 63.1 Å². The van der Waals surface area contributed by atoms with Crippen molar-refractivity contribution in [2.45, 2.75) is 38.1 Å². The smallest absolute Gasteiger partial charge is 0.227 e. The molecule has 2 aromatic heterocycles. The molecular weight excluding hydrogens is 526 g/mol. The van der Waals surface area contributed by atoms with Crippen molar-refractivity contribution in [1.29, 1.82) is 0 Å². The van der Waals surface area contributed by atoms with Crippen LogP contribution in [0.4, 0.5) is 0 Å². The van der Waals surface area contributed by atoms with Gasteiger partial charge in [0.05, 0.1) is 17.4 Å². The van der Waals surface area contributed by atoms with Gasteiger partial charge in [-0.05, 0) is 59.9 Å². The number of benzene rings is 4. The summed E-state index contributed by atoms with van der Waals surface area (Å²) in [6.07, 6.45) is 4.44. The molecule has 4 nitrogen and oxygen atoms in total. The molecule has 2 atom stereocenters. The summed E-state index contributed by atoms with van der Waals surface area (Å²) in [4.78, 5) is 15.2. The highest BCUT2D eigenvalue weighted by Crippen LogP contribution is 2.40. The van der Waals surface area contributed by atoms with Crippen LogP contribution in [0.3, 0.4) is 0 Å². The van der Waals surface area contributed by atoms with E-state index < -0.39 is 0 Å². The maximum atomic E-state index is 6.64. The SMILES string of the molecule is C=CC1=NC2CC(=C)N=C(C)c3c(ccc4c3oc3nc(-c5cccc6ccccc56)ccc34)CCC2c2ccccc21. The molecule has 0 spiro atoms. The molecule has 208 valence electrons. The number of aliphatic imine (C=N–C) groups is 2. The van der Waals surface area contributed by atoms with E-state index in [1.54, 1.807) is 0 Å². The Bertz CT molecular complexity index is 2180. The summed E-state index contributed by atoms with van der Waals surface area (Å²) in [6.45, 7) is 10.5. The largest absolute Gasteiger partial charge is 0.437 e. The Morgan fingerprint density at radius 1 is 0.837 bits per heavy atom. The molecule has 0 amide bonds. The zero-order valence-corrected chi connectivity index (χ0v) is 24.2. The predicted molar refractivity (Wildman–Crippen MR) is 178 cm³/mol. The lowest BCUT2D eigenvalue weighted by molar-refractivity contribution is 0.490. The number of pyridine rings is 1. The van der Waals surface area contributed by atoms with E-state index >= 15 is 0 Å². The number of furan rings is 1. The average molecular weight is 558 g/mol. The number of nitrogens with zero attached hydrogens (tertiary/aromatic N) is 3. The molecule has 0 fully saturated rings.